The largest absolute Gasteiger partial charge is 0.444 e. The molecule has 3 aliphatic rings. The third-order valence-corrected chi connectivity index (χ3v) is 7.09. The Balaban J connectivity index is 1.41. The fourth-order valence-electron chi connectivity index (χ4n) is 3.80. The molecule has 0 unspecified atom stereocenters. The van der Waals surface area contributed by atoms with Crippen LogP contribution in [0.5, 0.6) is 0 Å². The number of ether oxygens (including phenoxy) is 1. The highest BCUT2D eigenvalue weighted by Gasteiger charge is 2.34. The summed E-state index contributed by atoms with van der Waals surface area (Å²) in [5.74, 6) is 0.618. The third-order valence-electron chi connectivity index (χ3n) is 5.88. The van der Waals surface area contributed by atoms with Gasteiger partial charge in [-0.15, -0.1) is 11.3 Å². The number of nitrogens with zero attached hydrogens (tertiary/aromatic N) is 1. The smallest absolute Gasteiger partial charge is 0.407 e. The van der Waals surface area contributed by atoms with E-state index in [9.17, 15) is 14.4 Å². The fraction of sp³-hybridized carbons (Fsp3) is 0.696. The standard InChI is InChI=1S/C23H34N4O4S/c1-23(2,3)31-22(30)24-9-11-27-10-8-17-16(13-27)18(20(29)25-12-14-4-5-14)21(32-17)26-19(28)15-6-7-15/h14-15H,4-13H2,1-3H3,(H,24,30)(H,25,29)(H,26,28). The van der Waals surface area contributed by atoms with Crippen molar-refractivity contribution in [3.05, 3.63) is 16.0 Å². The first-order valence-electron chi connectivity index (χ1n) is 11.6. The van der Waals surface area contributed by atoms with Gasteiger partial charge in [0.1, 0.15) is 10.6 Å². The number of rotatable bonds is 8. The van der Waals surface area contributed by atoms with E-state index in [4.69, 9.17) is 4.74 Å². The summed E-state index contributed by atoms with van der Waals surface area (Å²) in [4.78, 5) is 40.8. The Labute approximate surface area is 193 Å². The molecular weight excluding hydrogens is 428 g/mol. The molecule has 0 saturated heterocycles. The van der Waals surface area contributed by atoms with E-state index in [-0.39, 0.29) is 17.7 Å². The van der Waals surface area contributed by atoms with Crippen molar-refractivity contribution in [3.8, 4) is 0 Å². The minimum absolute atomic E-state index is 0.0262. The van der Waals surface area contributed by atoms with Gasteiger partial charge in [-0.2, -0.15) is 0 Å². The Morgan fingerprint density at radius 3 is 2.53 bits per heavy atom. The summed E-state index contributed by atoms with van der Waals surface area (Å²) >= 11 is 1.54. The molecule has 0 radical (unpaired) electrons. The van der Waals surface area contributed by atoms with Crippen molar-refractivity contribution in [2.75, 3.05) is 31.5 Å². The Bertz CT molecular complexity index is 883. The Kier molecular flexibility index (Phi) is 6.76. The molecule has 2 heterocycles. The number of thiophene rings is 1. The number of hydrogen-bond donors (Lipinski definition) is 3. The highest BCUT2D eigenvalue weighted by molar-refractivity contribution is 7.17. The average Bonchev–Trinajstić information content (AvgIpc) is 3.61. The molecule has 0 atom stereocenters. The maximum atomic E-state index is 13.1. The van der Waals surface area contributed by atoms with E-state index in [1.54, 1.807) is 11.3 Å². The van der Waals surface area contributed by atoms with Crippen molar-refractivity contribution in [1.82, 2.24) is 15.5 Å². The van der Waals surface area contributed by atoms with Crippen molar-refractivity contribution in [2.45, 2.75) is 65.0 Å². The summed E-state index contributed by atoms with van der Waals surface area (Å²) in [5.41, 5.74) is 1.12. The van der Waals surface area contributed by atoms with Crippen LogP contribution in [0.4, 0.5) is 9.80 Å². The van der Waals surface area contributed by atoms with E-state index in [1.165, 1.54) is 17.7 Å². The van der Waals surface area contributed by atoms with E-state index < -0.39 is 11.7 Å². The normalized spacial score (nSPS) is 18.6. The molecule has 3 N–H and O–H groups in total. The number of carbonyl (C=O) groups excluding carboxylic acids is 3. The van der Waals surface area contributed by atoms with E-state index in [0.717, 1.165) is 31.4 Å². The summed E-state index contributed by atoms with van der Waals surface area (Å²) in [7, 11) is 0. The lowest BCUT2D eigenvalue weighted by Crippen LogP contribution is -2.40. The van der Waals surface area contributed by atoms with E-state index >= 15 is 0 Å². The van der Waals surface area contributed by atoms with Crippen LogP contribution in [0, 0.1) is 11.8 Å². The van der Waals surface area contributed by atoms with Gasteiger partial charge in [0, 0.05) is 43.5 Å². The second-order valence-corrected chi connectivity index (χ2v) is 11.2. The second kappa shape index (κ2) is 9.39. The van der Waals surface area contributed by atoms with Crippen molar-refractivity contribution in [2.24, 2.45) is 11.8 Å². The SMILES string of the molecule is CC(C)(C)OC(=O)NCCN1CCc2sc(NC(=O)C3CC3)c(C(=O)NCC3CC3)c2C1. The molecule has 4 rings (SSSR count). The van der Waals surface area contributed by atoms with Gasteiger partial charge in [-0.05, 0) is 64.4 Å². The zero-order valence-corrected chi connectivity index (χ0v) is 20.0. The Morgan fingerprint density at radius 1 is 1.12 bits per heavy atom. The predicted molar refractivity (Wildman–Crippen MR) is 124 cm³/mol. The lowest BCUT2D eigenvalue weighted by atomic mass is 10.0. The molecule has 1 aliphatic heterocycles. The van der Waals surface area contributed by atoms with Gasteiger partial charge in [0.25, 0.3) is 5.91 Å². The first-order valence-corrected chi connectivity index (χ1v) is 12.4. The minimum Gasteiger partial charge on any atom is -0.444 e. The van der Waals surface area contributed by atoms with Gasteiger partial charge in [0.05, 0.1) is 5.56 Å². The molecule has 0 bridgehead atoms. The fourth-order valence-corrected chi connectivity index (χ4v) is 5.00. The van der Waals surface area contributed by atoms with Crippen LogP contribution >= 0.6 is 11.3 Å². The first-order chi connectivity index (χ1) is 15.2. The highest BCUT2D eigenvalue weighted by atomic mass is 32.1. The number of fused-ring (bicyclic) bond motifs is 1. The number of alkyl carbamates (subject to hydrolysis) is 1. The molecule has 3 amide bonds. The maximum absolute atomic E-state index is 13.1. The third kappa shape index (κ3) is 6.22. The van der Waals surface area contributed by atoms with Crippen LogP contribution in [0.2, 0.25) is 0 Å². The average molecular weight is 463 g/mol. The van der Waals surface area contributed by atoms with Gasteiger partial charge in [0.2, 0.25) is 5.91 Å². The van der Waals surface area contributed by atoms with Crippen LogP contribution in [-0.2, 0) is 22.5 Å². The van der Waals surface area contributed by atoms with E-state index in [1.807, 2.05) is 20.8 Å². The van der Waals surface area contributed by atoms with Crippen molar-refractivity contribution in [1.29, 1.82) is 0 Å². The molecule has 0 spiro atoms. The van der Waals surface area contributed by atoms with Crippen molar-refractivity contribution < 1.29 is 19.1 Å². The van der Waals surface area contributed by atoms with Gasteiger partial charge in [0.15, 0.2) is 0 Å². The Morgan fingerprint density at radius 2 is 1.88 bits per heavy atom. The quantitative estimate of drug-likeness (QED) is 0.551. The second-order valence-electron chi connectivity index (χ2n) is 10.1. The molecule has 2 aliphatic carbocycles. The Hall–Kier alpha value is -2.13. The number of carbonyl (C=O) groups is 3. The highest BCUT2D eigenvalue weighted by Crippen LogP contribution is 2.39. The topological polar surface area (TPSA) is 99.8 Å². The van der Waals surface area contributed by atoms with Gasteiger partial charge in [-0.3, -0.25) is 14.5 Å². The van der Waals surface area contributed by atoms with E-state index in [2.05, 4.69) is 20.9 Å². The van der Waals surface area contributed by atoms with Gasteiger partial charge in [-0.25, -0.2) is 4.79 Å². The summed E-state index contributed by atoms with van der Waals surface area (Å²) in [5, 5.41) is 9.60. The van der Waals surface area contributed by atoms with Crippen molar-refractivity contribution >= 4 is 34.2 Å². The van der Waals surface area contributed by atoms with Gasteiger partial charge < -0.3 is 20.7 Å². The van der Waals surface area contributed by atoms with Crippen LogP contribution in [-0.4, -0.2) is 54.6 Å². The van der Waals surface area contributed by atoms with Crippen LogP contribution in [0.15, 0.2) is 0 Å². The summed E-state index contributed by atoms with van der Waals surface area (Å²) < 4.78 is 5.29. The predicted octanol–water partition coefficient (Wildman–Crippen LogP) is 3.12. The summed E-state index contributed by atoms with van der Waals surface area (Å²) in [6.07, 6.45) is 4.61. The zero-order chi connectivity index (χ0) is 22.9. The first kappa shape index (κ1) is 23.0. The molecule has 8 nitrogen and oxygen atoms in total. The number of amides is 3. The molecule has 9 heteroatoms. The van der Waals surface area contributed by atoms with Crippen LogP contribution in [0.3, 0.4) is 0 Å². The van der Waals surface area contributed by atoms with Crippen LogP contribution in [0.25, 0.3) is 0 Å². The molecule has 2 saturated carbocycles. The number of anilines is 1. The lowest BCUT2D eigenvalue weighted by Gasteiger charge is -2.27. The summed E-state index contributed by atoms with van der Waals surface area (Å²) in [6.45, 7) is 8.84. The minimum atomic E-state index is -0.523. The maximum Gasteiger partial charge on any atom is 0.407 e. The molecule has 1 aromatic heterocycles. The van der Waals surface area contributed by atoms with Crippen LogP contribution in [0.1, 0.15) is 67.3 Å². The van der Waals surface area contributed by atoms with Crippen LogP contribution < -0.4 is 16.0 Å². The molecule has 32 heavy (non-hydrogen) atoms. The zero-order valence-electron chi connectivity index (χ0n) is 19.2. The molecule has 2 fully saturated rings. The van der Waals surface area contributed by atoms with E-state index in [0.29, 0.717) is 42.7 Å². The molecule has 1 aromatic rings. The van der Waals surface area contributed by atoms with Gasteiger partial charge >= 0.3 is 6.09 Å². The monoisotopic (exact) mass is 462 g/mol. The van der Waals surface area contributed by atoms with Gasteiger partial charge in [-0.1, -0.05) is 0 Å². The molecule has 0 aromatic carbocycles. The van der Waals surface area contributed by atoms with Crippen molar-refractivity contribution in [3.63, 3.8) is 0 Å². The molecule has 176 valence electrons. The summed E-state index contributed by atoms with van der Waals surface area (Å²) in [6, 6.07) is 0. The lowest BCUT2D eigenvalue weighted by molar-refractivity contribution is -0.117. The number of nitrogens with one attached hydrogen (secondary N) is 3. The molecular formula is C23H34N4O4S. The number of hydrogen-bond acceptors (Lipinski definition) is 6.